The van der Waals surface area contributed by atoms with E-state index < -0.39 is 10.0 Å². The van der Waals surface area contributed by atoms with Gasteiger partial charge in [-0.3, -0.25) is 4.79 Å². The SMILES string of the molecule is CC(C)Oc1ccc(C(=O)N[C@@H]2COC[C@H]2CS(=O)(=O)N(C)C)cc1. The van der Waals surface area contributed by atoms with Gasteiger partial charge in [-0.05, 0) is 38.1 Å². The Morgan fingerprint density at radius 1 is 1.28 bits per heavy atom. The topological polar surface area (TPSA) is 84.9 Å². The Morgan fingerprint density at radius 2 is 1.92 bits per heavy atom. The first-order valence-corrected chi connectivity index (χ1v) is 9.85. The molecule has 2 atom stereocenters. The lowest BCUT2D eigenvalue weighted by molar-refractivity contribution is 0.0926. The maximum absolute atomic E-state index is 12.4. The van der Waals surface area contributed by atoms with Gasteiger partial charge < -0.3 is 14.8 Å². The standard InChI is InChI=1S/C17H26N2O5S/c1-12(2)24-15-7-5-13(6-8-15)17(20)18-16-10-23-9-14(16)11-25(21,22)19(3)4/h5-8,12,14,16H,9-11H2,1-4H3,(H,18,20)/t14-,16+/m0/s1. The molecule has 7 nitrogen and oxygen atoms in total. The number of carbonyl (C=O) groups excluding carboxylic acids is 1. The van der Waals surface area contributed by atoms with E-state index in [2.05, 4.69) is 5.32 Å². The number of ether oxygens (including phenoxy) is 2. The molecule has 1 aromatic rings. The van der Waals surface area contributed by atoms with Gasteiger partial charge in [-0.1, -0.05) is 0 Å². The van der Waals surface area contributed by atoms with Crippen molar-refractivity contribution >= 4 is 15.9 Å². The summed E-state index contributed by atoms with van der Waals surface area (Å²) in [6, 6.07) is 6.54. The van der Waals surface area contributed by atoms with Crippen LogP contribution in [0.15, 0.2) is 24.3 Å². The predicted octanol–water partition coefficient (Wildman–Crippen LogP) is 1.11. The van der Waals surface area contributed by atoms with E-state index in [0.29, 0.717) is 24.5 Å². The summed E-state index contributed by atoms with van der Waals surface area (Å²) in [6.07, 6.45) is 0.0646. The summed E-state index contributed by atoms with van der Waals surface area (Å²) < 4.78 is 36.2. The lowest BCUT2D eigenvalue weighted by atomic mass is 10.1. The Hall–Kier alpha value is -1.64. The Balaban J connectivity index is 1.99. The smallest absolute Gasteiger partial charge is 0.251 e. The fraction of sp³-hybridized carbons (Fsp3) is 0.588. The molecule has 0 aromatic heterocycles. The van der Waals surface area contributed by atoms with E-state index in [1.807, 2.05) is 13.8 Å². The summed E-state index contributed by atoms with van der Waals surface area (Å²) >= 11 is 0. The molecular formula is C17H26N2O5S. The van der Waals surface area contributed by atoms with Gasteiger partial charge in [0.1, 0.15) is 5.75 Å². The lowest BCUT2D eigenvalue weighted by Gasteiger charge is -2.21. The fourth-order valence-corrected chi connectivity index (χ4v) is 3.72. The van der Waals surface area contributed by atoms with Gasteiger partial charge in [-0.2, -0.15) is 0 Å². The number of amides is 1. The minimum absolute atomic E-state index is 0.0495. The molecule has 2 rings (SSSR count). The lowest BCUT2D eigenvalue weighted by Crippen LogP contribution is -2.43. The maximum Gasteiger partial charge on any atom is 0.251 e. The molecule has 0 unspecified atom stereocenters. The molecule has 0 aliphatic carbocycles. The fourth-order valence-electron chi connectivity index (χ4n) is 2.55. The zero-order chi connectivity index (χ0) is 18.6. The number of carbonyl (C=O) groups is 1. The molecule has 1 N–H and O–H groups in total. The normalized spacial score (nSPS) is 20.9. The highest BCUT2D eigenvalue weighted by Gasteiger charge is 2.34. The van der Waals surface area contributed by atoms with Crippen LogP contribution in [0.25, 0.3) is 0 Å². The van der Waals surface area contributed by atoms with Crippen LogP contribution in [0.4, 0.5) is 0 Å². The summed E-state index contributed by atoms with van der Waals surface area (Å²) in [5.74, 6) is 0.135. The summed E-state index contributed by atoms with van der Waals surface area (Å²) in [4.78, 5) is 12.4. The summed E-state index contributed by atoms with van der Waals surface area (Å²) in [6.45, 7) is 4.50. The molecule has 1 amide bonds. The van der Waals surface area contributed by atoms with Crippen LogP contribution in [0.3, 0.4) is 0 Å². The Bertz CT molecular complexity index is 685. The molecule has 25 heavy (non-hydrogen) atoms. The van der Waals surface area contributed by atoms with E-state index in [1.54, 1.807) is 24.3 Å². The molecule has 1 saturated heterocycles. The highest BCUT2D eigenvalue weighted by Crippen LogP contribution is 2.19. The molecule has 1 aromatic carbocycles. The van der Waals surface area contributed by atoms with E-state index in [1.165, 1.54) is 18.4 Å². The van der Waals surface area contributed by atoms with Crippen molar-refractivity contribution in [2.45, 2.75) is 26.0 Å². The molecule has 0 saturated carbocycles. The molecule has 1 heterocycles. The monoisotopic (exact) mass is 370 g/mol. The van der Waals surface area contributed by atoms with E-state index in [4.69, 9.17) is 9.47 Å². The third-order valence-electron chi connectivity index (χ3n) is 3.98. The Kier molecular flexibility index (Phi) is 6.42. The zero-order valence-corrected chi connectivity index (χ0v) is 15.9. The highest BCUT2D eigenvalue weighted by molar-refractivity contribution is 7.89. The van der Waals surface area contributed by atoms with Crippen LogP contribution in [0.2, 0.25) is 0 Å². The number of nitrogens with one attached hydrogen (secondary N) is 1. The van der Waals surface area contributed by atoms with Crippen molar-refractivity contribution in [2.24, 2.45) is 5.92 Å². The first-order valence-electron chi connectivity index (χ1n) is 8.24. The van der Waals surface area contributed by atoms with Crippen LogP contribution in [0.5, 0.6) is 5.75 Å². The minimum Gasteiger partial charge on any atom is -0.491 e. The molecule has 0 spiro atoms. The van der Waals surface area contributed by atoms with Gasteiger partial charge in [-0.15, -0.1) is 0 Å². The van der Waals surface area contributed by atoms with Crippen LogP contribution >= 0.6 is 0 Å². The number of benzene rings is 1. The van der Waals surface area contributed by atoms with Gasteiger partial charge in [0.05, 0.1) is 31.1 Å². The Morgan fingerprint density at radius 3 is 2.48 bits per heavy atom. The second kappa shape index (κ2) is 8.16. The van der Waals surface area contributed by atoms with Crippen molar-refractivity contribution in [1.82, 2.24) is 9.62 Å². The Labute approximate surface area is 149 Å². The second-order valence-corrected chi connectivity index (χ2v) is 8.86. The first kappa shape index (κ1) is 19.7. The van der Waals surface area contributed by atoms with Crippen LogP contribution in [0, 0.1) is 5.92 Å². The van der Waals surface area contributed by atoms with Crippen molar-refractivity contribution < 1.29 is 22.7 Å². The molecule has 8 heteroatoms. The highest BCUT2D eigenvalue weighted by atomic mass is 32.2. The van der Waals surface area contributed by atoms with E-state index in [-0.39, 0.29) is 29.7 Å². The van der Waals surface area contributed by atoms with E-state index in [0.717, 1.165) is 0 Å². The molecular weight excluding hydrogens is 344 g/mol. The molecule has 140 valence electrons. The van der Waals surface area contributed by atoms with E-state index >= 15 is 0 Å². The number of hydrogen-bond acceptors (Lipinski definition) is 5. The average molecular weight is 370 g/mol. The van der Waals surface area contributed by atoms with Crippen LogP contribution < -0.4 is 10.1 Å². The zero-order valence-electron chi connectivity index (χ0n) is 15.1. The molecule has 0 radical (unpaired) electrons. The summed E-state index contributed by atoms with van der Waals surface area (Å²) in [7, 11) is -0.348. The van der Waals surface area contributed by atoms with E-state index in [9.17, 15) is 13.2 Å². The van der Waals surface area contributed by atoms with Crippen molar-refractivity contribution in [3.63, 3.8) is 0 Å². The average Bonchev–Trinajstić information content (AvgIpc) is 2.93. The first-order chi connectivity index (χ1) is 11.7. The number of sulfonamides is 1. The van der Waals surface area contributed by atoms with Gasteiger partial charge in [0.25, 0.3) is 5.91 Å². The predicted molar refractivity (Wildman–Crippen MR) is 95.2 cm³/mol. The maximum atomic E-state index is 12.4. The van der Waals surface area contributed by atoms with Crippen molar-refractivity contribution in [3.8, 4) is 5.75 Å². The molecule has 0 bridgehead atoms. The third-order valence-corrected chi connectivity index (χ3v) is 5.95. The molecule has 1 fully saturated rings. The van der Waals surface area contributed by atoms with Crippen molar-refractivity contribution in [2.75, 3.05) is 33.1 Å². The number of rotatable bonds is 7. The molecule has 1 aliphatic heterocycles. The number of nitrogens with zero attached hydrogens (tertiary/aromatic N) is 1. The quantitative estimate of drug-likeness (QED) is 0.777. The summed E-state index contributed by atoms with van der Waals surface area (Å²) in [5.41, 5.74) is 0.497. The van der Waals surface area contributed by atoms with Gasteiger partial charge in [0, 0.05) is 25.6 Å². The third kappa shape index (κ3) is 5.42. The van der Waals surface area contributed by atoms with Crippen molar-refractivity contribution in [3.05, 3.63) is 29.8 Å². The van der Waals surface area contributed by atoms with Gasteiger partial charge in [0.15, 0.2) is 0 Å². The number of hydrogen-bond donors (Lipinski definition) is 1. The van der Waals surface area contributed by atoms with Crippen LogP contribution in [0.1, 0.15) is 24.2 Å². The van der Waals surface area contributed by atoms with Gasteiger partial charge in [0.2, 0.25) is 10.0 Å². The summed E-state index contributed by atoms with van der Waals surface area (Å²) in [5, 5.41) is 2.88. The largest absolute Gasteiger partial charge is 0.491 e. The van der Waals surface area contributed by atoms with Crippen LogP contribution in [-0.2, 0) is 14.8 Å². The van der Waals surface area contributed by atoms with Crippen molar-refractivity contribution in [1.29, 1.82) is 0 Å². The van der Waals surface area contributed by atoms with Gasteiger partial charge in [-0.25, -0.2) is 12.7 Å². The minimum atomic E-state index is -3.35. The van der Waals surface area contributed by atoms with Gasteiger partial charge >= 0.3 is 0 Å². The molecule has 1 aliphatic rings. The van der Waals surface area contributed by atoms with Crippen LogP contribution in [-0.4, -0.2) is 63.8 Å². The second-order valence-electron chi connectivity index (χ2n) is 6.63.